The van der Waals surface area contributed by atoms with Crippen molar-refractivity contribution in [2.75, 3.05) is 45.7 Å². The topological polar surface area (TPSA) is 78.4 Å². The number of imidazole rings is 1. The molecule has 0 radical (unpaired) electrons. The van der Waals surface area contributed by atoms with Gasteiger partial charge in [-0.15, -0.1) is 0 Å². The Morgan fingerprint density at radius 1 is 1.24 bits per heavy atom. The van der Waals surface area contributed by atoms with Gasteiger partial charge in [0, 0.05) is 32.2 Å². The number of nitrogens with zero attached hydrogens (tertiary/aromatic N) is 4. The largest absolute Gasteiger partial charge is 0.481 e. The van der Waals surface area contributed by atoms with Crippen molar-refractivity contribution in [3.8, 4) is 5.88 Å². The van der Waals surface area contributed by atoms with E-state index >= 15 is 0 Å². The first-order valence-corrected chi connectivity index (χ1v) is 7.25. The average molecular weight is 291 g/mol. The van der Waals surface area contributed by atoms with E-state index in [0.29, 0.717) is 11.8 Å². The normalized spacial score (nSPS) is 16.4. The maximum atomic E-state index is 6.00. The van der Waals surface area contributed by atoms with Gasteiger partial charge < -0.3 is 15.2 Å². The van der Waals surface area contributed by atoms with E-state index in [1.54, 1.807) is 13.2 Å². The number of nitrogen functional groups attached to an aromatic ring is 1. The molecule has 0 aromatic carbocycles. The molecule has 0 spiro atoms. The van der Waals surface area contributed by atoms with Gasteiger partial charge in [0.05, 0.1) is 20.3 Å². The third kappa shape index (κ3) is 3.08. The first-order chi connectivity index (χ1) is 10.3. The molecule has 2 aromatic heterocycles. The molecule has 7 nitrogen and oxygen atoms in total. The van der Waals surface area contributed by atoms with Crippen molar-refractivity contribution in [3.05, 3.63) is 12.1 Å². The summed E-state index contributed by atoms with van der Waals surface area (Å²) in [6.45, 7) is 5.51. The van der Waals surface area contributed by atoms with Crippen LogP contribution in [0.5, 0.6) is 5.88 Å². The first kappa shape index (κ1) is 14.1. The van der Waals surface area contributed by atoms with E-state index in [9.17, 15) is 0 Å². The molecule has 1 aliphatic rings. The SMILES string of the molecule is COc1ccc2nc(N)n(CCCN3CCOCC3)c2n1. The van der Waals surface area contributed by atoms with E-state index in [-0.39, 0.29) is 0 Å². The second-order valence-electron chi connectivity index (χ2n) is 5.13. The minimum atomic E-state index is 0.507. The third-order valence-corrected chi connectivity index (χ3v) is 3.77. The fraction of sp³-hybridized carbons (Fsp3) is 0.571. The van der Waals surface area contributed by atoms with Crippen molar-refractivity contribution in [2.24, 2.45) is 0 Å². The highest BCUT2D eigenvalue weighted by atomic mass is 16.5. The van der Waals surface area contributed by atoms with E-state index in [0.717, 1.165) is 57.0 Å². The van der Waals surface area contributed by atoms with Crippen LogP contribution in [0.25, 0.3) is 11.2 Å². The molecule has 1 fully saturated rings. The van der Waals surface area contributed by atoms with Gasteiger partial charge in [0.1, 0.15) is 5.52 Å². The second kappa shape index (κ2) is 6.28. The Morgan fingerprint density at radius 2 is 2.05 bits per heavy atom. The molecule has 1 aliphatic heterocycles. The van der Waals surface area contributed by atoms with Gasteiger partial charge in [-0.2, -0.15) is 4.98 Å². The van der Waals surface area contributed by atoms with Crippen molar-refractivity contribution in [3.63, 3.8) is 0 Å². The summed E-state index contributed by atoms with van der Waals surface area (Å²) in [5, 5.41) is 0. The van der Waals surface area contributed by atoms with Crippen LogP contribution in [0, 0.1) is 0 Å². The molecule has 0 unspecified atom stereocenters. The number of ether oxygens (including phenoxy) is 2. The number of pyridine rings is 1. The number of morpholine rings is 1. The molecule has 3 heterocycles. The molecule has 1 saturated heterocycles. The summed E-state index contributed by atoms with van der Waals surface area (Å²) in [5.74, 6) is 1.09. The summed E-state index contributed by atoms with van der Waals surface area (Å²) in [7, 11) is 1.61. The summed E-state index contributed by atoms with van der Waals surface area (Å²) in [6.07, 6.45) is 1.01. The number of aryl methyl sites for hydroxylation is 1. The minimum absolute atomic E-state index is 0.507. The predicted molar refractivity (Wildman–Crippen MR) is 80.4 cm³/mol. The van der Waals surface area contributed by atoms with Crippen molar-refractivity contribution in [1.29, 1.82) is 0 Å². The Morgan fingerprint density at radius 3 is 2.81 bits per heavy atom. The van der Waals surface area contributed by atoms with Crippen molar-refractivity contribution >= 4 is 17.1 Å². The van der Waals surface area contributed by atoms with Crippen molar-refractivity contribution in [1.82, 2.24) is 19.4 Å². The van der Waals surface area contributed by atoms with E-state index in [4.69, 9.17) is 15.2 Å². The van der Waals surface area contributed by atoms with E-state index in [1.165, 1.54) is 0 Å². The number of hydrogen-bond acceptors (Lipinski definition) is 6. The van der Waals surface area contributed by atoms with Crippen LogP contribution in [0.3, 0.4) is 0 Å². The molecule has 2 aromatic rings. The van der Waals surface area contributed by atoms with Crippen LogP contribution in [-0.2, 0) is 11.3 Å². The minimum Gasteiger partial charge on any atom is -0.481 e. The number of methoxy groups -OCH3 is 1. The number of rotatable bonds is 5. The molecule has 21 heavy (non-hydrogen) atoms. The zero-order valence-corrected chi connectivity index (χ0v) is 12.3. The fourth-order valence-corrected chi connectivity index (χ4v) is 2.61. The van der Waals surface area contributed by atoms with E-state index in [2.05, 4.69) is 14.9 Å². The molecule has 0 amide bonds. The van der Waals surface area contributed by atoms with Gasteiger partial charge in [0.2, 0.25) is 11.8 Å². The predicted octanol–water partition coefficient (Wildman–Crippen LogP) is 0.744. The molecular formula is C14H21N5O2. The highest BCUT2D eigenvalue weighted by Gasteiger charge is 2.13. The number of hydrogen-bond donors (Lipinski definition) is 1. The molecule has 3 rings (SSSR count). The highest BCUT2D eigenvalue weighted by Crippen LogP contribution is 2.19. The summed E-state index contributed by atoms with van der Waals surface area (Å²) in [5.41, 5.74) is 7.59. The van der Waals surface area contributed by atoms with Crippen molar-refractivity contribution < 1.29 is 9.47 Å². The third-order valence-electron chi connectivity index (χ3n) is 3.77. The van der Waals surface area contributed by atoms with Crippen LogP contribution in [0.15, 0.2) is 12.1 Å². The maximum absolute atomic E-state index is 6.00. The molecule has 0 bridgehead atoms. The van der Waals surface area contributed by atoms with E-state index in [1.807, 2.05) is 10.6 Å². The Hall–Kier alpha value is -1.86. The standard InChI is InChI=1S/C14H21N5O2/c1-20-12-4-3-11-13(17-12)19(14(15)16-11)6-2-5-18-7-9-21-10-8-18/h3-4H,2,5-10H2,1H3,(H2,15,16). The van der Waals surface area contributed by atoms with Gasteiger partial charge in [0.25, 0.3) is 0 Å². The van der Waals surface area contributed by atoms with Gasteiger partial charge in [0.15, 0.2) is 5.65 Å². The van der Waals surface area contributed by atoms with Gasteiger partial charge in [-0.3, -0.25) is 9.47 Å². The smallest absolute Gasteiger partial charge is 0.215 e. The lowest BCUT2D eigenvalue weighted by Crippen LogP contribution is -2.37. The zero-order chi connectivity index (χ0) is 14.7. The summed E-state index contributed by atoms with van der Waals surface area (Å²) >= 11 is 0. The molecule has 0 atom stereocenters. The number of fused-ring (bicyclic) bond motifs is 1. The Bertz CT molecular complexity index is 607. The lowest BCUT2D eigenvalue weighted by atomic mass is 10.3. The van der Waals surface area contributed by atoms with Gasteiger partial charge >= 0.3 is 0 Å². The lowest BCUT2D eigenvalue weighted by Gasteiger charge is -2.26. The quantitative estimate of drug-likeness (QED) is 0.875. The molecule has 2 N–H and O–H groups in total. The zero-order valence-electron chi connectivity index (χ0n) is 12.3. The monoisotopic (exact) mass is 291 g/mol. The lowest BCUT2D eigenvalue weighted by molar-refractivity contribution is 0.0370. The van der Waals surface area contributed by atoms with Crippen LogP contribution < -0.4 is 10.5 Å². The molecule has 0 saturated carbocycles. The Kier molecular flexibility index (Phi) is 4.21. The number of aromatic nitrogens is 3. The second-order valence-corrected chi connectivity index (χ2v) is 5.13. The summed E-state index contributed by atoms with van der Waals surface area (Å²) < 4.78 is 12.5. The van der Waals surface area contributed by atoms with Crippen molar-refractivity contribution in [2.45, 2.75) is 13.0 Å². The molecule has 0 aliphatic carbocycles. The average Bonchev–Trinajstić information content (AvgIpc) is 2.83. The Labute approximate surface area is 123 Å². The first-order valence-electron chi connectivity index (χ1n) is 7.25. The fourth-order valence-electron chi connectivity index (χ4n) is 2.61. The Balaban J connectivity index is 1.69. The van der Waals surface area contributed by atoms with Crippen LogP contribution in [0.4, 0.5) is 5.95 Å². The summed E-state index contributed by atoms with van der Waals surface area (Å²) in [4.78, 5) is 11.2. The van der Waals surface area contributed by atoms with Crippen LogP contribution in [0.1, 0.15) is 6.42 Å². The van der Waals surface area contributed by atoms with Crippen LogP contribution >= 0.6 is 0 Å². The molecule has 114 valence electrons. The van der Waals surface area contributed by atoms with Crippen LogP contribution in [0.2, 0.25) is 0 Å². The number of anilines is 1. The molecular weight excluding hydrogens is 270 g/mol. The molecule has 7 heteroatoms. The number of nitrogens with two attached hydrogens (primary N) is 1. The van der Waals surface area contributed by atoms with Gasteiger partial charge in [-0.05, 0) is 12.5 Å². The van der Waals surface area contributed by atoms with Gasteiger partial charge in [-0.25, -0.2) is 4.98 Å². The summed E-state index contributed by atoms with van der Waals surface area (Å²) in [6, 6.07) is 3.68. The highest BCUT2D eigenvalue weighted by molar-refractivity contribution is 5.74. The van der Waals surface area contributed by atoms with E-state index < -0.39 is 0 Å². The van der Waals surface area contributed by atoms with Crippen LogP contribution in [-0.4, -0.2) is 59.4 Å². The van der Waals surface area contributed by atoms with Gasteiger partial charge in [-0.1, -0.05) is 0 Å². The maximum Gasteiger partial charge on any atom is 0.215 e.